The van der Waals surface area contributed by atoms with Gasteiger partial charge in [0.2, 0.25) is 0 Å². The lowest BCUT2D eigenvalue weighted by Gasteiger charge is -2.22. The molecule has 0 aliphatic heterocycles. The summed E-state index contributed by atoms with van der Waals surface area (Å²) < 4.78 is 2.64. The van der Waals surface area contributed by atoms with Crippen LogP contribution in [0.2, 0.25) is 0 Å². The maximum absolute atomic E-state index is 2.43. The smallest absolute Gasteiger partial charge is 0.0355 e. The van der Waals surface area contributed by atoms with Gasteiger partial charge in [0.1, 0.15) is 0 Å². The van der Waals surface area contributed by atoms with Crippen LogP contribution in [0.3, 0.4) is 0 Å². The SMILES string of the molecule is c1ccc(-c2c3ccccc3c(-c3cccc4ccccc34)c3cccc(-c4ccc5sc6ccccc6c5c4)c23)c(-c2ccc3ccccc3c2)c1. The summed E-state index contributed by atoms with van der Waals surface area (Å²) in [5, 5.41) is 12.7. The normalized spacial score (nSPS) is 11.8. The predicted molar refractivity (Wildman–Crippen MR) is 231 cm³/mol. The molecule has 0 nitrogen and oxygen atoms in total. The third-order valence-electron chi connectivity index (χ3n) is 11.1. The summed E-state index contributed by atoms with van der Waals surface area (Å²) in [5.41, 5.74) is 9.98. The molecule has 53 heavy (non-hydrogen) atoms. The molecule has 0 bridgehead atoms. The van der Waals surface area contributed by atoms with E-state index in [0.29, 0.717) is 0 Å². The van der Waals surface area contributed by atoms with Crippen molar-refractivity contribution in [1.82, 2.24) is 0 Å². The molecule has 0 spiro atoms. The summed E-state index contributed by atoms with van der Waals surface area (Å²) >= 11 is 1.87. The number of benzene rings is 10. The zero-order chi connectivity index (χ0) is 34.9. The van der Waals surface area contributed by atoms with Crippen molar-refractivity contribution in [3.05, 3.63) is 194 Å². The minimum atomic E-state index is 1.22. The quantitative estimate of drug-likeness (QED) is 0.162. The lowest BCUT2D eigenvalue weighted by atomic mass is 9.80. The standard InChI is InChI=1S/C52H32S/c1-2-15-35-31-36(28-27-33(35)13-1)39-18-5-6-20-43(39)52-45-22-8-7-21-44(45)50(42-24-11-16-34-14-3-4-17-38(34)42)46-25-12-23-40(51(46)52)37-29-30-49-47(32-37)41-19-9-10-26-48(41)53-49/h1-32H. The van der Waals surface area contributed by atoms with Crippen molar-refractivity contribution in [2.24, 2.45) is 0 Å². The largest absolute Gasteiger partial charge is 0.135 e. The van der Waals surface area contributed by atoms with Crippen LogP contribution in [0.1, 0.15) is 0 Å². The van der Waals surface area contributed by atoms with Crippen LogP contribution in [-0.2, 0) is 0 Å². The maximum atomic E-state index is 2.43. The molecule has 0 fully saturated rings. The Bertz CT molecular complexity index is 3230. The number of hydrogen-bond acceptors (Lipinski definition) is 1. The third kappa shape index (κ3) is 4.75. The van der Waals surface area contributed by atoms with Gasteiger partial charge in [0, 0.05) is 20.2 Å². The van der Waals surface area contributed by atoms with Crippen molar-refractivity contribution in [3.8, 4) is 44.5 Å². The molecule has 0 saturated heterocycles. The van der Waals surface area contributed by atoms with Gasteiger partial charge in [-0.05, 0) is 112 Å². The second-order valence-corrected chi connectivity index (χ2v) is 15.1. The van der Waals surface area contributed by atoms with Gasteiger partial charge in [-0.2, -0.15) is 0 Å². The number of fused-ring (bicyclic) bond motifs is 7. The highest BCUT2D eigenvalue weighted by Crippen LogP contribution is 2.50. The second kappa shape index (κ2) is 12.0. The first-order valence-electron chi connectivity index (χ1n) is 18.3. The average molecular weight is 689 g/mol. The van der Waals surface area contributed by atoms with Crippen LogP contribution >= 0.6 is 11.3 Å². The van der Waals surface area contributed by atoms with Crippen molar-refractivity contribution in [2.75, 3.05) is 0 Å². The lowest BCUT2D eigenvalue weighted by molar-refractivity contribution is 1.62. The fourth-order valence-corrected chi connectivity index (χ4v) is 9.77. The predicted octanol–water partition coefficient (Wildman–Crippen LogP) is 15.3. The second-order valence-electron chi connectivity index (χ2n) is 14.0. The molecule has 0 unspecified atom stereocenters. The fourth-order valence-electron chi connectivity index (χ4n) is 8.69. The molecule has 0 aliphatic carbocycles. The van der Waals surface area contributed by atoms with E-state index in [9.17, 15) is 0 Å². The molecule has 1 aromatic heterocycles. The first kappa shape index (κ1) is 30.1. The molecule has 0 N–H and O–H groups in total. The van der Waals surface area contributed by atoms with Crippen LogP contribution in [0.15, 0.2) is 194 Å². The van der Waals surface area contributed by atoms with E-state index in [1.54, 1.807) is 0 Å². The summed E-state index contributed by atoms with van der Waals surface area (Å²) in [4.78, 5) is 0. The molecule has 0 aliphatic rings. The van der Waals surface area contributed by atoms with Gasteiger partial charge in [0.15, 0.2) is 0 Å². The zero-order valence-electron chi connectivity index (χ0n) is 28.9. The maximum Gasteiger partial charge on any atom is 0.0355 e. The minimum absolute atomic E-state index is 1.22. The van der Waals surface area contributed by atoms with Crippen molar-refractivity contribution in [3.63, 3.8) is 0 Å². The summed E-state index contributed by atoms with van der Waals surface area (Å²) in [7, 11) is 0. The molecule has 11 aromatic rings. The molecule has 0 radical (unpaired) electrons. The van der Waals surface area contributed by atoms with E-state index in [4.69, 9.17) is 0 Å². The van der Waals surface area contributed by atoms with E-state index in [2.05, 4.69) is 194 Å². The van der Waals surface area contributed by atoms with E-state index < -0.39 is 0 Å². The highest BCUT2D eigenvalue weighted by atomic mass is 32.1. The molecule has 1 heterocycles. The van der Waals surface area contributed by atoms with Gasteiger partial charge in [-0.1, -0.05) is 170 Å². The van der Waals surface area contributed by atoms with Crippen molar-refractivity contribution in [1.29, 1.82) is 0 Å². The monoisotopic (exact) mass is 688 g/mol. The Morgan fingerprint density at radius 3 is 1.68 bits per heavy atom. The summed E-state index contributed by atoms with van der Waals surface area (Å²) in [6.45, 7) is 0. The molecule has 1 heteroatoms. The van der Waals surface area contributed by atoms with Gasteiger partial charge in [-0.3, -0.25) is 0 Å². The minimum Gasteiger partial charge on any atom is -0.135 e. The topological polar surface area (TPSA) is 0 Å². The molecular formula is C52H32S. The van der Waals surface area contributed by atoms with Crippen molar-refractivity contribution >= 4 is 74.6 Å². The zero-order valence-corrected chi connectivity index (χ0v) is 29.7. The number of hydrogen-bond donors (Lipinski definition) is 0. The first-order chi connectivity index (χ1) is 26.3. The summed E-state index contributed by atoms with van der Waals surface area (Å²) in [6.07, 6.45) is 0. The molecule has 11 rings (SSSR count). The molecular weight excluding hydrogens is 657 g/mol. The Morgan fingerprint density at radius 2 is 0.811 bits per heavy atom. The molecule has 10 aromatic carbocycles. The summed E-state index contributed by atoms with van der Waals surface area (Å²) in [6, 6.07) is 72.0. The lowest BCUT2D eigenvalue weighted by Crippen LogP contribution is -1.95. The Morgan fingerprint density at radius 1 is 0.264 bits per heavy atom. The fraction of sp³-hybridized carbons (Fsp3) is 0. The van der Waals surface area contributed by atoms with Crippen LogP contribution in [-0.4, -0.2) is 0 Å². The highest BCUT2D eigenvalue weighted by Gasteiger charge is 2.22. The Kier molecular flexibility index (Phi) is 6.83. The Labute approximate surface area is 311 Å². The van der Waals surface area contributed by atoms with Crippen LogP contribution in [0, 0.1) is 0 Å². The van der Waals surface area contributed by atoms with Gasteiger partial charge in [-0.15, -0.1) is 11.3 Å². The van der Waals surface area contributed by atoms with E-state index in [-0.39, 0.29) is 0 Å². The molecule has 0 amide bonds. The summed E-state index contributed by atoms with van der Waals surface area (Å²) in [5.74, 6) is 0. The van der Waals surface area contributed by atoms with Gasteiger partial charge in [-0.25, -0.2) is 0 Å². The molecule has 246 valence electrons. The van der Waals surface area contributed by atoms with Gasteiger partial charge >= 0.3 is 0 Å². The number of rotatable bonds is 4. The van der Waals surface area contributed by atoms with Gasteiger partial charge < -0.3 is 0 Å². The van der Waals surface area contributed by atoms with Crippen molar-refractivity contribution in [2.45, 2.75) is 0 Å². The number of thiophene rings is 1. The van der Waals surface area contributed by atoms with Crippen LogP contribution in [0.4, 0.5) is 0 Å². The molecule has 0 saturated carbocycles. The Hall–Kier alpha value is -6.54. The average Bonchev–Trinajstić information content (AvgIpc) is 3.60. The van der Waals surface area contributed by atoms with E-state index in [0.717, 1.165) is 0 Å². The highest BCUT2D eigenvalue weighted by molar-refractivity contribution is 7.25. The Balaban J connectivity index is 1.30. The third-order valence-corrected chi connectivity index (χ3v) is 12.2. The van der Waals surface area contributed by atoms with Crippen LogP contribution in [0.25, 0.3) is 108 Å². The van der Waals surface area contributed by atoms with E-state index >= 15 is 0 Å². The van der Waals surface area contributed by atoms with Crippen LogP contribution in [0.5, 0.6) is 0 Å². The van der Waals surface area contributed by atoms with Crippen LogP contribution < -0.4 is 0 Å². The van der Waals surface area contributed by atoms with Gasteiger partial charge in [0.05, 0.1) is 0 Å². The van der Waals surface area contributed by atoms with E-state index in [1.165, 1.54) is 108 Å². The molecule has 0 atom stereocenters. The first-order valence-corrected chi connectivity index (χ1v) is 19.1. The van der Waals surface area contributed by atoms with Crippen molar-refractivity contribution < 1.29 is 0 Å². The van der Waals surface area contributed by atoms with Gasteiger partial charge in [0.25, 0.3) is 0 Å². The van der Waals surface area contributed by atoms with E-state index in [1.807, 2.05) is 11.3 Å².